The Labute approximate surface area is 386 Å². The van der Waals surface area contributed by atoms with Crippen molar-refractivity contribution in [3.63, 3.8) is 0 Å². The Hall–Kier alpha value is -6.88. The Kier molecular flexibility index (Phi) is 13.9. The molecule has 2 aliphatic rings. The SMILES string of the molecule is CCCCCCOc1c2c(c(OC(C)C)c3ccccc13)C(=O)N(c1ccc(CC(=O)OC(=O)Cc3ccc(N4Cc5c(c(OCCC)c6ccccc6c5OC(C)C)C4=O)cc3)cc1)C2. The fourth-order valence-electron chi connectivity index (χ4n) is 8.83. The Bertz CT molecular complexity index is 2780. The van der Waals surface area contributed by atoms with Crippen LogP contribution in [0.4, 0.5) is 11.4 Å². The molecule has 0 atom stereocenters. The summed E-state index contributed by atoms with van der Waals surface area (Å²) in [5.74, 6) is 0.751. The molecule has 0 aromatic heterocycles. The molecule has 0 unspecified atom stereocenters. The molecule has 0 spiro atoms. The van der Waals surface area contributed by atoms with Gasteiger partial charge in [-0.25, -0.2) is 0 Å². The first kappa shape index (κ1) is 45.7. The van der Waals surface area contributed by atoms with E-state index in [0.717, 1.165) is 64.8 Å². The number of carbonyl (C=O) groups is 4. The smallest absolute Gasteiger partial charge is 0.317 e. The maximum Gasteiger partial charge on any atom is 0.317 e. The number of esters is 2. The van der Waals surface area contributed by atoms with Gasteiger partial charge in [-0.05, 0) is 75.9 Å². The Morgan fingerprint density at radius 1 is 0.515 bits per heavy atom. The number of anilines is 2. The van der Waals surface area contributed by atoms with Gasteiger partial charge in [-0.15, -0.1) is 0 Å². The van der Waals surface area contributed by atoms with E-state index in [1.54, 1.807) is 58.3 Å². The predicted molar refractivity (Wildman–Crippen MR) is 257 cm³/mol. The minimum absolute atomic E-state index is 0.109. The molecule has 6 aromatic rings. The van der Waals surface area contributed by atoms with Crippen LogP contribution in [0.15, 0.2) is 97.1 Å². The summed E-state index contributed by atoms with van der Waals surface area (Å²) < 4.78 is 30.7. The molecule has 11 nitrogen and oxygen atoms in total. The molecule has 6 aromatic carbocycles. The highest BCUT2D eigenvalue weighted by Crippen LogP contribution is 2.48. The van der Waals surface area contributed by atoms with Gasteiger partial charge in [-0.3, -0.25) is 19.2 Å². The molecule has 0 N–H and O–H groups in total. The molecule has 2 heterocycles. The van der Waals surface area contributed by atoms with E-state index in [9.17, 15) is 19.2 Å². The van der Waals surface area contributed by atoms with Gasteiger partial charge in [0.05, 0.1) is 62.5 Å². The summed E-state index contributed by atoms with van der Waals surface area (Å²) in [6.07, 6.45) is 4.52. The highest BCUT2D eigenvalue weighted by Gasteiger charge is 2.39. The molecule has 8 rings (SSSR count). The van der Waals surface area contributed by atoms with E-state index < -0.39 is 11.9 Å². The number of fused-ring (bicyclic) bond motifs is 4. The third-order valence-corrected chi connectivity index (χ3v) is 11.8. The Morgan fingerprint density at radius 2 is 0.955 bits per heavy atom. The third kappa shape index (κ3) is 9.43. The van der Waals surface area contributed by atoms with Crippen LogP contribution in [0.25, 0.3) is 21.5 Å². The number of benzene rings is 6. The summed E-state index contributed by atoms with van der Waals surface area (Å²) in [7, 11) is 0. The maximum absolute atomic E-state index is 14.3. The van der Waals surface area contributed by atoms with Crippen LogP contribution < -0.4 is 28.7 Å². The number of ether oxygens (including phenoxy) is 5. The topological polar surface area (TPSA) is 121 Å². The van der Waals surface area contributed by atoms with Gasteiger partial charge < -0.3 is 33.5 Å². The number of hydrogen-bond acceptors (Lipinski definition) is 9. The first-order chi connectivity index (χ1) is 32.0. The van der Waals surface area contributed by atoms with Crippen LogP contribution in [0, 0.1) is 0 Å². The molecule has 342 valence electrons. The lowest BCUT2D eigenvalue weighted by molar-refractivity contribution is -0.158. The lowest BCUT2D eigenvalue weighted by Crippen LogP contribution is -2.23. The van der Waals surface area contributed by atoms with Gasteiger partial charge in [0.15, 0.2) is 0 Å². The van der Waals surface area contributed by atoms with Crippen molar-refractivity contribution in [3.05, 3.63) is 130 Å². The van der Waals surface area contributed by atoms with E-state index >= 15 is 0 Å². The van der Waals surface area contributed by atoms with Crippen molar-refractivity contribution in [1.82, 2.24) is 0 Å². The van der Waals surface area contributed by atoms with E-state index in [0.29, 0.717) is 82.9 Å². The number of rotatable bonds is 19. The van der Waals surface area contributed by atoms with Crippen LogP contribution >= 0.6 is 0 Å². The lowest BCUT2D eigenvalue weighted by Gasteiger charge is -2.19. The summed E-state index contributed by atoms with van der Waals surface area (Å²) in [6, 6.07) is 30.0. The van der Waals surface area contributed by atoms with Crippen LogP contribution in [0.3, 0.4) is 0 Å². The summed E-state index contributed by atoms with van der Waals surface area (Å²) in [4.78, 5) is 57.8. The summed E-state index contributed by atoms with van der Waals surface area (Å²) in [5, 5.41) is 3.47. The van der Waals surface area contributed by atoms with Crippen LogP contribution in [0.2, 0.25) is 0 Å². The quantitative estimate of drug-likeness (QED) is 0.0444. The number of nitrogens with zero attached hydrogens (tertiary/aromatic N) is 2. The largest absolute Gasteiger partial charge is 0.493 e. The first-order valence-electron chi connectivity index (χ1n) is 23.3. The molecular weight excluding hydrogens is 833 g/mol. The normalized spacial score (nSPS) is 13.2. The number of hydrogen-bond donors (Lipinski definition) is 0. The van der Waals surface area contributed by atoms with Gasteiger partial charge in [-0.1, -0.05) is 106 Å². The zero-order valence-electron chi connectivity index (χ0n) is 38.7. The van der Waals surface area contributed by atoms with Gasteiger partial charge in [0.25, 0.3) is 11.8 Å². The fourth-order valence-corrected chi connectivity index (χ4v) is 8.83. The number of amides is 2. The highest BCUT2D eigenvalue weighted by molar-refractivity contribution is 6.18. The molecule has 0 bridgehead atoms. The molecule has 2 amide bonds. The minimum Gasteiger partial charge on any atom is -0.493 e. The van der Waals surface area contributed by atoms with Gasteiger partial charge in [0, 0.05) is 44.0 Å². The number of unbranched alkanes of at least 4 members (excludes halogenated alkanes) is 3. The van der Waals surface area contributed by atoms with Crippen molar-refractivity contribution in [2.45, 2.75) is 112 Å². The van der Waals surface area contributed by atoms with Crippen LogP contribution in [0.5, 0.6) is 23.0 Å². The summed E-state index contributed by atoms with van der Waals surface area (Å²) >= 11 is 0. The Morgan fingerprint density at radius 3 is 1.45 bits per heavy atom. The molecule has 0 aliphatic carbocycles. The molecule has 0 saturated heterocycles. The lowest BCUT2D eigenvalue weighted by atomic mass is 9.99. The summed E-state index contributed by atoms with van der Waals surface area (Å²) in [6.45, 7) is 13.6. The maximum atomic E-state index is 14.3. The fraction of sp³-hybridized carbons (Fsp3) is 0.345. The van der Waals surface area contributed by atoms with E-state index in [1.807, 2.05) is 83.1 Å². The predicted octanol–water partition coefficient (Wildman–Crippen LogP) is 11.5. The molecule has 0 saturated carbocycles. The second kappa shape index (κ2) is 20.1. The molecule has 0 radical (unpaired) electrons. The van der Waals surface area contributed by atoms with Gasteiger partial charge >= 0.3 is 11.9 Å². The van der Waals surface area contributed by atoms with Crippen molar-refractivity contribution >= 4 is 56.7 Å². The molecule has 2 aliphatic heterocycles. The van der Waals surface area contributed by atoms with Crippen LogP contribution in [-0.4, -0.2) is 49.2 Å². The van der Waals surface area contributed by atoms with Crippen molar-refractivity contribution in [2.75, 3.05) is 23.0 Å². The number of carbonyl (C=O) groups excluding carboxylic acids is 4. The first-order valence-corrected chi connectivity index (χ1v) is 23.3. The zero-order valence-corrected chi connectivity index (χ0v) is 38.7. The monoisotopic (exact) mass is 890 g/mol. The minimum atomic E-state index is -0.690. The third-order valence-electron chi connectivity index (χ3n) is 11.8. The van der Waals surface area contributed by atoms with E-state index in [1.165, 1.54) is 0 Å². The molecule has 11 heteroatoms. The van der Waals surface area contributed by atoms with E-state index in [-0.39, 0.29) is 36.9 Å². The zero-order chi connectivity index (χ0) is 46.5. The van der Waals surface area contributed by atoms with Gasteiger partial charge in [0.2, 0.25) is 0 Å². The molecular formula is C55H58N2O9. The van der Waals surface area contributed by atoms with E-state index in [4.69, 9.17) is 23.7 Å². The summed E-state index contributed by atoms with van der Waals surface area (Å²) in [5.41, 5.74) is 5.15. The average molecular weight is 891 g/mol. The standard InChI is InChI=1S/C55H58N2O9/c1-7-9-10-15-29-63-50-40-16-11-14-19-43(40)53(65-35(5)6)49-44(50)32-56(55(49)61)38-24-20-36(21-25-38)30-46(58)66-47(59)31-37-22-26-39(27-23-37)57-33-45-48(54(57)60)52(62-28-8-2)42-18-13-12-17-41(42)51(45)64-34(3)4/h11-14,16-27,34-35H,7-10,15,28-33H2,1-6H3. The second-order valence-electron chi connectivity index (χ2n) is 17.5. The molecule has 0 fully saturated rings. The van der Waals surface area contributed by atoms with Crippen LogP contribution in [0.1, 0.15) is 117 Å². The average Bonchev–Trinajstić information content (AvgIpc) is 3.83. The second-order valence-corrected chi connectivity index (χ2v) is 17.5. The Balaban J connectivity index is 0.917. The highest BCUT2D eigenvalue weighted by atomic mass is 16.6. The van der Waals surface area contributed by atoms with Gasteiger partial charge in [0.1, 0.15) is 23.0 Å². The van der Waals surface area contributed by atoms with Crippen molar-refractivity contribution in [1.29, 1.82) is 0 Å². The van der Waals surface area contributed by atoms with Crippen LogP contribution in [-0.2, 0) is 40.3 Å². The van der Waals surface area contributed by atoms with Crippen molar-refractivity contribution < 1.29 is 42.9 Å². The molecule has 66 heavy (non-hydrogen) atoms. The van der Waals surface area contributed by atoms with Crippen molar-refractivity contribution in [3.8, 4) is 23.0 Å². The van der Waals surface area contributed by atoms with E-state index in [2.05, 4.69) is 6.92 Å². The van der Waals surface area contributed by atoms with Gasteiger partial charge in [-0.2, -0.15) is 0 Å². The van der Waals surface area contributed by atoms with Crippen molar-refractivity contribution in [2.24, 2.45) is 0 Å².